The molecule has 0 spiro atoms. The Bertz CT molecular complexity index is 773. The van der Waals surface area contributed by atoms with Gasteiger partial charge in [-0.25, -0.2) is 9.97 Å². The van der Waals surface area contributed by atoms with E-state index in [0.29, 0.717) is 37.9 Å². The quantitative estimate of drug-likeness (QED) is 0.706. The zero-order valence-electron chi connectivity index (χ0n) is 16.3. The Morgan fingerprint density at radius 1 is 1.18 bits per heavy atom. The van der Waals surface area contributed by atoms with Gasteiger partial charge in [0.25, 0.3) is 5.91 Å². The predicted octanol–water partition coefficient (Wildman–Crippen LogP) is 2.01. The molecule has 1 aromatic heterocycles. The molecule has 1 amide bonds. The number of hydrogen-bond donors (Lipinski definition) is 1. The summed E-state index contributed by atoms with van der Waals surface area (Å²) in [5, 5.41) is 3.05. The minimum absolute atomic E-state index is 0.0448. The summed E-state index contributed by atoms with van der Waals surface area (Å²) in [6.45, 7) is 5.16. The molecule has 1 aliphatic heterocycles. The largest absolute Gasteiger partial charge is 0.383 e. The number of amides is 1. The van der Waals surface area contributed by atoms with Gasteiger partial charge in [-0.3, -0.25) is 9.69 Å². The van der Waals surface area contributed by atoms with Crippen LogP contribution in [-0.2, 0) is 4.74 Å². The summed E-state index contributed by atoms with van der Waals surface area (Å²) in [6.07, 6.45) is 5.92. The number of carbonyl (C=O) groups excluding carboxylic acids is 1. The Hall–Kier alpha value is -2.77. The van der Waals surface area contributed by atoms with Crippen molar-refractivity contribution in [3.63, 3.8) is 0 Å². The number of hydrogen-bond acceptors (Lipinski definition) is 6. The number of nitrogens with one attached hydrogen (secondary N) is 1. The first-order valence-electron chi connectivity index (χ1n) is 9.55. The minimum Gasteiger partial charge on any atom is -0.383 e. The van der Waals surface area contributed by atoms with Crippen LogP contribution in [0.5, 0.6) is 0 Å². The van der Waals surface area contributed by atoms with E-state index < -0.39 is 0 Å². The van der Waals surface area contributed by atoms with Gasteiger partial charge in [0.2, 0.25) is 5.95 Å². The molecule has 0 saturated carbocycles. The summed E-state index contributed by atoms with van der Waals surface area (Å²) in [4.78, 5) is 25.4. The highest BCUT2D eigenvalue weighted by molar-refractivity contribution is 5.92. The molecule has 148 valence electrons. The third kappa shape index (κ3) is 5.87. The zero-order valence-corrected chi connectivity index (χ0v) is 16.3. The molecule has 0 unspecified atom stereocenters. The molecule has 1 fully saturated rings. The lowest BCUT2D eigenvalue weighted by molar-refractivity contribution is 0.0644. The summed E-state index contributed by atoms with van der Waals surface area (Å²) in [5.41, 5.74) is 1.63. The number of ether oxygens (including phenoxy) is 1. The summed E-state index contributed by atoms with van der Waals surface area (Å²) in [7, 11) is 1.64. The molecule has 1 saturated heterocycles. The lowest BCUT2D eigenvalue weighted by Gasteiger charge is -2.34. The average molecular weight is 381 g/mol. The molecule has 1 aliphatic rings. The van der Waals surface area contributed by atoms with Crippen LogP contribution in [0.3, 0.4) is 0 Å². The Labute approximate surface area is 166 Å². The smallest absolute Gasteiger partial charge is 0.272 e. The van der Waals surface area contributed by atoms with Crippen molar-refractivity contribution >= 4 is 17.9 Å². The van der Waals surface area contributed by atoms with Crippen LogP contribution in [0.25, 0.3) is 6.08 Å². The number of anilines is 1. The monoisotopic (exact) mass is 381 g/mol. The zero-order chi connectivity index (χ0) is 19.6. The van der Waals surface area contributed by atoms with E-state index in [1.54, 1.807) is 19.4 Å². The molecule has 0 radical (unpaired) electrons. The van der Waals surface area contributed by atoms with Gasteiger partial charge in [-0.05, 0) is 11.6 Å². The molecule has 7 nitrogen and oxygen atoms in total. The summed E-state index contributed by atoms with van der Waals surface area (Å²) in [6, 6.07) is 11.9. The molecule has 0 atom stereocenters. The fourth-order valence-electron chi connectivity index (χ4n) is 3.03. The number of benzene rings is 1. The average Bonchev–Trinajstić information content (AvgIpc) is 2.75. The second kappa shape index (κ2) is 10.5. The van der Waals surface area contributed by atoms with Crippen LogP contribution in [0.4, 0.5) is 5.95 Å². The van der Waals surface area contributed by atoms with Gasteiger partial charge in [0.15, 0.2) is 0 Å². The first-order valence-corrected chi connectivity index (χ1v) is 9.55. The van der Waals surface area contributed by atoms with Gasteiger partial charge in [0.05, 0.1) is 6.61 Å². The number of methoxy groups -OCH3 is 1. The first kappa shape index (κ1) is 20.0. The molecular formula is C21H27N5O2. The van der Waals surface area contributed by atoms with E-state index in [4.69, 9.17) is 4.74 Å². The highest BCUT2D eigenvalue weighted by Crippen LogP contribution is 2.09. The fraction of sp³-hybridized carbons (Fsp3) is 0.381. The molecule has 1 aromatic carbocycles. The van der Waals surface area contributed by atoms with Crippen LogP contribution >= 0.6 is 0 Å². The maximum atomic E-state index is 12.7. The summed E-state index contributed by atoms with van der Waals surface area (Å²) >= 11 is 0. The van der Waals surface area contributed by atoms with Crippen molar-refractivity contribution < 1.29 is 9.53 Å². The van der Waals surface area contributed by atoms with Gasteiger partial charge in [0, 0.05) is 52.6 Å². The highest BCUT2D eigenvalue weighted by atomic mass is 16.5. The standard InChI is InChI=1S/C21H27N5O2/c1-28-17-11-23-21-22-10-9-19(24-21)20(27)26-15-13-25(14-16-26)12-5-8-18-6-3-2-4-7-18/h2-10H,11-17H2,1H3,(H,22,23,24)/b8-5+. The maximum absolute atomic E-state index is 12.7. The van der Waals surface area contributed by atoms with E-state index in [1.165, 1.54) is 5.56 Å². The van der Waals surface area contributed by atoms with Crippen molar-refractivity contribution in [3.8, 4) is 0 Å². The van der Waals surface area contributed by atoms with E-state index in [0.717, 1.165) is 19.6 Å². The van der Waals surface area contributed by atoms with Crippen LogP contribution in [0.2, 0.25) is 0 Å². The van der Waals surface area contributed by atoms with E-state index in [-0.39, 0.29) is 5.91 Å². The number of aromatic nitrogens is 2. The van der Waals surface area contributed by atoms with Gasteiger partial charge in [-0.15, -0.1) is 0 Å². The van der Waals surface area contributed by atoms with Gasteiger partial charge in [-0.2, -0.15) is 0 Å². The first-order chi connectivity index (χ1) is 13.8. The van der Waals surface area contributed by atoms with Crippen molar-refractivity contribution in [2.45, 2.75) is 0 Å². The summed E-state index contributed by atoms with van der Waals surface area (Å²) < 4.78 is 5.00. The van der Waals surface area contributed by atoms with Gasteiger partial charge in [-0.1, -0.05) is 42.5 Å². The molecule has 2 aromatic rings. The Morgan fingerprint density at radius 3 is 2.71 bits per heavy atom. The number of rotatable bonds is 8. The molecular weight excluding hydrogens is 354 g/mol. The van der Waals surface area contributed by atoms with Gasteiger partial charge in [0.1, 0.15) is 5.69 Å². The van der Waals surface area contributed by atoms with Crippen LogP contribution < -0.4 is 5.32 Å². The van der Waals surface area contributed by atoms with E-state index >= 15 is 0 Å². The SMILES string of the molecule is COCCNc1nccc(C(=O)N2CCN(C/C=C/c3ccccc3)CC2)n1. The number of piperazine rings is 1. The molecule has 1 N–H and O–H groups in total. The van der Waals surface area contributed by atoms with Crippen LogP contribution in [0.15, 0.2) is 48.7 Å². The second-order valence-electron chi connectivity index (χ2n) is 6.59. The Kier molecular flexibility index (Phi) is 7.52. The minimum atomic E-state index is -0.0448. The van der Waals surface area contributed by atoms with Crippen molar-refractivity contribution in [2.75, 3.05) is 58.3 Å². The van der Waals surface area contributed by atoms with Crippen LogP contribution in [0, 0.1) is 0 Å². The van der Waals surface area contributed by atoms with E-state index in [9.17, 15) is 4.79 Å². The third-order valence-electron chi connectivity index (χ3n) is 4.60. The van der Waals surface area contributed by atoms with Crippen molar-refractivity contribution in [3.05, 3.63) is 59.9 Å². The van der Waals surface area contributed by atoms with Gasteiger partial charge >= 0.3 is 0 Å². The van der Waals surface area contributed by atoms with E-state index in [2.05, 4.69) is 44.5 Å². The molecule has 2 heterocycles. The lowest BCUT2D eigenvalue weighted by atomic mass is 10.2. The molecule has 28 heavy (non-hydrogen) atoms. The Morgan fingerprint density at radius 2 is 1.96 bits per heavy atom. The highest BCUT2D eigenvalue weighted by Gasteiger charge is 2.22. The van der Waals surface area contributed by atoms with E-state index in [1.807, 2.05) is 23.1 Å². The third-order valence-corrected chi connectivity index (χ3v) is 4.60. The molecule has 0 aliphatic carbocycles. The lowest BCUT2D eigenvalue weighted by Crippen LogP contribution is -2.48. The maximum Gasteiger partial charge on any atom is 0.272 e. The van der Waals surface area contributed by atoms with Crippen LogP contribution in [-0.4, -0.2) is 78.7 Å². The molecule has 0 bridgehead atoms. The summed E-state index contributed by atoms with van der Waals surface area (Å²) in [5.74, 6) is 0.407. The Balaban J connectivity index is 1.47. The topological polar surface area (TPSA) is 70.6 Å². The van der Waals surface area contributed by atoms with Gasteiger partial charge < -0.3 is 15.0 Å². The molecule has 7 heteroatoms. The predicted molar refractivity (Wildman–Crippen MR) is 110 cm³/mol. The van der Waals surface area contributed by atoms with Crippen molar-refractivity contribution in [2.24, 2.45) is 0 Å². The fourth-order valence-corrected chi connectivity index (χ4v) is 3.03. The second-order valence-corrected chi connectivity index (χ2v) is 6.59. The molecule has 3 rings (SSSR count). The normalized spacial score (nSPS) is 15.1. The van der Waals surface area contributed by atoms with Crippen LogP contribution in [0.1, 0.15) is 16.1 Å². The van der Waals surface area contributed by atoms with Crippen molar-refractivity contribution in [1.29, 1.82) is 0 Å². The van der Waals surface area contributed by atoms with Crippen molar-refractivity contribution in [1.82, 2.24) is 19.8 Å². The number of carbonyl (C=O) groups is 1. The number of nitrogens with zero attached hydrogens (tertiary/aromatic N) is 4.